The van der Waals surface area contributed by atoms with E-state index in [-0.39, 0.29) is 24.9 Å². The maximum atomic E-state index is 12.5. The van der Waals surface area contributed by atoms with Crippen LogP contribution in [0, 0.1) is 20.8 Å². The van der Waals surface area contributed by atoms with Gasteiger partial charge in [0.05, 0.1) is 24.4 Å². The average Bonchev–Trinajstić information content (AvgIpc) is 3.08. The summed E-state index contributed by atoms with van der Waals surface area (Å²) in [7, 11) is -3.42. The van der Waals surface area contributed by atoms with Crippen molar-refractivity contribution in [3.8, 4) is 0 Å². The molecule has 1 aliphatic rings. The van der Waals surface area contributed by atoms with Crippen molar-refractivity contribution >= 4 is 15.9 Å². The van der Waals surface area contributed by atoms with Crippen LogP contribution in [0.2, 0.25) is 0 Å². The minimum atomic E-state index is -3.42. The summed E-state index contributed by atoms with van der Waals surface area (Å²) in [5.74, 6) is 1.47. The monoisotopic (exact) mass is 397 g/mol. The lowest BCUT2D eigenvalue weighted by molar-refractivity contribution is -0.136. The van der Waals surface area contributed by atoms with Crippen LogP contribution < -0.4 is 0 Å². The summed E-state index contributed by atoms with van der Waals surface area (Å²) in [6.07, 6.45) is 1.73. The number of aryl methyl sites for hydroxylation is 3. The summed E-state index contributed by atoms with van der Waals surface area (Å²) < 4.78 is 35.7. The Hall–Kier alpha value is -2.27. The molecule has 0 bridgehead atoms. The number of likely N-dealkylation sites (tertiary alicyclic amines) is 1. The Morgan fingerprint density at radius 2 is 1.93 bits per heavy atom. The van der Waals surface area contributed by atoms with Crippen LogP contribution in [0.3, 0.4) is 0 Å². The average molecular weight is 397 g/mol. The first kappa shape index (κ1) is 19.5. The van der Waals surface area contributed by atoms with Crippen LogP contribution in [0.4, 0.5) is 0 Å². The van der Waals surface area contributed by atoms with Crippen LogP contribution in [-0.2, 0) is 27.7 Å². The number of amides is 1. The Balaban J connectivity index is 1.58. The minimum Gasteiger partial charge on any atom is -0.361 e. The first-order chi connectivity index (χ1) is 12.6. The van der Waals surface area contributed by atoms with Gasteiger partial charge in [-0.2, -0.15) is 9.29 Å². The molecule has 0 N–H and O–H groups in total. The minimum absolute atomic E-state index is 0.0668. The predicted octanol–water partition coefficient (Wildman–Crippen LogP) is 0.240. The number of carbonyl (C=O) groups is 1. The predicted molar refractivity (Wildman–Crippen MR) is 94.3 cm³/mol. The molecule has 0 saturated carbocycles. The van der Waals surface area contributed by atoms with E-state index in [1.54, 1.807) is 25.7 Å². The molecule has 3 heterocycles. The Bertz CT molecular complexity index is 909. The van der Waals surface area contributed by atoms with Crippen LogP contribution in [-0.4, -0.2) is 70.8 Å². The van der Waals surface area contributed by atoms with E-state index in [0.29, 0.717) is 42.7 Å². The number of hydrogen-bond donors (Lipinski definition) is 0. The van der Waals surface area contributed by atoms with Crippen molar-refractivity contribution in [1.82, 2.24) is 24.5 Å². The summed E-state index contributed by atoms with van der Waals surface area (Å²) >= 11 is 0. The fourth-order valence-corrected chi connectivity index (χ4v) is 4.23. The SMILES string of the molecule is Cc1nc(CCN(C2CN(C(=O)Cc3c(C)noc3C)C2)S(C)(=O)=O)no1. The number of carbonyl (C=O) groups excluding carboxylic acids is 1. The zero-order chi connectivity index (χ0) is 19.8. The molecule has 1 aliphatic heterocycles. The molecule has 148 valence electrons. The van der Waals surface area contributed by atoms with Crippen molar-refractivity contribution in [2.45, 2.75) is 39.7 Å². The van der Waals surface area contributed by atoms with Crippen molar-refractivity contribution in [3.05, 3.63) is 28.7 Å². The molecule has 11 heteroatoms. The molecular weight excluding hydrogens is 374 g/mol. The van der Waals surface area contributed by atoms with Gasteiger partial charge in [0, 0.05) is 38.5 Å². The molecule has 2 aromatic heterocycles. The maximum absolute atomic E-state index is 12.5. The van der Waals surface area contributed by atoms with E-state index in [0.717, 1.165) is 5.56 Å². The largest absolute Gasteiger partial charge is 0.361 e. The fraction of sp³-hybridized carbons (Fsp3) is 0.625. The zero-order valence-corrected chi connectivity index (χ0v) is 16.6. The van der Waals surface area contributed by atoms with Gasteiger partial charge in [0.1, 0.15) is 5.76 Å². The summed E-state index contributed by atoms with van der Waals surface area (Å²) in [6, 6.07) is -0.249. The van der Waals surface area contributed by atoms with E-state index < -0.39 is 10.0 Å². The standard InChI is InChI=1S/C16H23N5O5S/c1-10-14(11(2)25-18-10)7-16(22)20-8-13(9-20)21(27(4,23)24)6-5-15-17-12(3)26-19-15/h13H,5-9H2,1-4H3. The van der Waals surface area contributed by atoms with Crippen LogP contribution in [0.25, 0.3) is 0 Å². The van der Waals surface area contributed by atoms with Gasteiger partial charge < -0.3 is 13.9 Å². The number of aromatic nitrogens is 3. The van der Waals surface area contributed by atoms with Gasteiger partial charge in [0.2, 0.25) is 21.8 Å². The van der Waals surface area contributed by atoms with Crippen LogP contribution in [0.5, 0.6) is 0 Å². The van der Waals surface area contributed by atoms with Crippen LogP contribution >= 0.6 is 0 Å². The highest BCUT2D eigenvalue weighted by molar-refractivity contribution is 7.88. The van der Waals surface area contributed by atoms with Gasteiger partial charge in [-0.3, -0.25) is 4.79 Å². The van der Waals surface area contributed by atoms with E-state index in [9.17, 15) is 13.2 Å². The second-order valence-corrected chi connectivity index (χ2v) is 8.72. The van der Waals surface area contributed by atoms with Crippen LogP contribution in [0.1, 0.15) is 28.7 Å². The smallest absolute Gasteiger partial charge is 0.227 e. The van der Waals surface area contributed by atoms with Gasteiger partial charge in [0.15, 0.2) is 5.82 Å². The van der Waals surface area contributed by atoms with Crippen molar-refractivity contribution < 1.29 is 22.3 Å². The Labute approximate surface area is 157 Å². The molecule has 0 aliphatic carbocycles. The van der Waals surface area contributed by atoms with Crippen molar-refractivity contribution in [3.63, 3.8) is 0 Å². The summed E-state index contributed by atoms with van der Waals surface area (Å²) in [5, 5.41) is 7.64. The number of sulfonamides is 1. The topological polar surface area (TPSA) is 123 Å². The number of nitrogens with zero attached hydrogens (tertiary/aromatic N) is 5. The molecule has 1 saturated heterocycles. The Morgan fingerprint density at radius 3 is 2.44 bits per heavy atom. The lowest BCUT2D eigenvalue weighted by Gasteiger charge is -2.44. The van der Waals surface area contributed by atoms with Gasteiger partial charge in [-0.05, 0) is 13.8 Å². The molecule has 27 heavy (non-hydrogen) atoms. The van der Waals surface area contributed by atoms with E-state index in [4.69, 9.17) is 9.05 Å². The summed E-state index contributed by atoms with van der Waals surface area (Å²) in [5.41, 5.74) is 1.49. The summed E-state index contributed by atoms with van der Waals surface area (Å²) in [4.78, 5) is 18.2. The van der Waals surface area contributed by atoms with Gasteiger partial charge >= 0.3 is 0 Å². The highest BCUT2D eigenvalue weighted by Crippen LogP contribution is 2.21. The number of rotatable bonds is 7. The molecule has 0 aromatic carbocycles. The molecule has 1 amide bonds. The van der Waals surface area contributed by atoms with E-state index >= 15 is 0 Å². The molecule has 0 spiro atoms. The number of hydrogen-bond acceptors (Lipinski definition) is 8. The third-order valence-corrected chi connectivity index (χ3v) is 6.02. The van der Waals surface area contributed by atoms with Gasteiger partial charge in [-0.15, -0.1) is 0 Å². The van der Waals surface area contributed by atoms with Gasteiger partial charge in [-0.1, -0.05) is 10.3 Å². The van der Waals surface area contributed by atoms with Crippen molar-refractivity contribution in [1.29, 1.82) is 0 Å². The quantitative estimate of drug-likeness (QED) is 0.651. The second kappa shape index (κ2) is 7.39. The fourth-order valence-electron chi connectivity index (χ4n) is 3.13. The molecule has 2 aromatic rings. The summed E-state index contributed by atoms with van der Waals surface area (Å²) in [6.45, 7) is 6.21. The maximum Gasteiger partial charge on any atom is 0.227 e. The highest BCUT2D eigenvalue weighted by atomic mass is 32.2. The molecular formula is C16H23N5O5S. The highest BCUT2D eigenvalue weighted by Gasteiger charge is 2.38. The Morgan fingerprint density at radius 1 is 1.22 bits per heavy atom. The van der Waals surface area contributed by atoms with Crippen LogP contribution in [0.15, 0.2) is 9.05 Å². The molecule has 10 nitrogen and oxygen atoms in total. The molecule has 0 atom stereocenters. The molecule has 0 unspecified atom stereocenters. The van der Waals surface area contributed by atoms with Gasteiger partial charge in [-0.25, -0.2) is 8.42 Å². The van der Waals surface area contributed by atoms with E-state index in [2.05, 4.69) is 15.3 Å². The van der Waals surface area contributed by atoms with Crippen molar-refractivity contribution in [2.75, 3.05) is 25.9 Å². The first-order valence-electron chi connectivity index (χ1n) is 8.60. The Kier molecular flexibility index (Phi) is 5.33. The third kappa shape index (κ3) is 4.35. The lowest BCUT2D eigenvalue weighted by atomic mass is 10.1. The zero-order valence-electron chi connectivity index (χ0n) is 15.8. The van der Waals surface area contributed by atoms with Gasteiger partial charge in [0.25, 0.3) is 0 Å². The molecule has 3 rings (SSSR count). The van der Waals surface area contributed by atoms with E-state index in [1.807, 2.05) is 0 Å². The second-order valence-electron chi connectivity index (χ2n) is 6.79. The first-order valence-corrected chi connectivity index (χ1v) is 10.5. The van der Waals surface area contributed by atoms with E-state index in [1.165, 1.54) is 10.6 Å². The normalized spacial score (nSPS) is 15.4. The lowest BCUT2D eigenvalue weighted by Crippen LogP contribution is -2.62. The van der Waals surface area contributed by atoms with Crippen molar-refractivity contribution in [2.24, 2.45) is 0 Å². The third-order valence-electron chi connectivity index (χ3n) is 4.68. The molecule has 1 fully saturated rings. The molecule has 0 radical (unpaired) electrons.